The van der Waals surface area contributed by atoms with Crippen molar-refractivity contribution < 1.29 is 4.92 Å². The number of halogens is 1. The Morgan fingerprint density at radius 1 is 1.33 bits per heavy atom. The molecule has 0 heterocycles. The molecule has 0 saturated carbocycles. The van der Waals surface area contributed by atoms with E-state index in [9.17, 15) is 15.4 Å². The summed E-state index contributed by atoms with van der Waals surface area (Å²) in [6, 6.07) is 3.62. The standard InChI is InChI=1S/C13H15ClN2O2/c1-7(2)9-5-11(14)13(16(17)18)12(8(3)4)10(9)6-15/h5,7-8H,1-4H3. The number of hydrogen-bond acceptors (Lipinski definition) is 3. The van der Waals surface area contributed by atoms with Crippen molar-refractivity contribution in [3.05, 3.63) is 37.9 Å². The van der Waals surface area contributed by atoms with E-state index in [1.807, 2.05) is 27.7 Å². The van der Waals surface area contributed by atoms with Crippen LogP contribution in [0.5, 0.6) is 0 Å². The maximum atomic E-state index is 11.1. The molecule has 0 bridgehead atoms. The first-order chi connectivity index (χ1) is 8.31. The first-order valence-electron chi connectivity index (χ1n) is 5.72. The summed E-state index contributed by atoms with van der Waals surface area (Å²) in [6.07, 6.45) is 0. The van der Waals surface area contributed by atoms with Gasteiger partial charge in [0.2, 0.25) is 0 Å². The summed E-state index contributed by atoms with van der Waals surface area (Å²) in [5, 5.41) is 20.5. The molecule has 0 N–H and O–H groups in total. The van der Waals surface area contributed by atoms with E-state index in [0.29, 0.717) is 11.1 Å². The van der Waals surface area contributed by atoms with Crippen LogP contribution in [-0.4, -0.2) is 4.92 Å². The maximum absolute atomic E-state index is 11.1. The van der Waals surface area contributed by atoms with Crippen molar-refractivity contribution in [2.45, 2.75) is 39.5 Å². The molecule has 5 heteroatoms. The van der Waals surface area contributed by atoms with E-state index < -0.39 is 4.92 Å². The largest absolute Gasteiger partial charge is 0.292 e. The molecule has 96 valence electrons. The molecule has 0 unspecified atom stereocenters. The third kappa shape index (κ3) is 2.46. The second kappa shape index (κ2) is 5.36. The van der Waals surface area contributed by atoms with Crippen LogP contribution in [0.1, 0.15) is 56.2 Å². The molecule has 0 spiro atoms. The van der Waals surface area contributed by atoms with Gasteiger partial charge in [-0.25, -0.2) is 0 Å². The first-order valence-corrected chi connectivity index (χ1v) is 6.09. The van der Waals surface area contributed by atoms with Crippen LogP contribution in [0.15, 0.2) is 6.07 Å². The summed E-state index contributed by atoms with van der Waals surface area (Å²) in [5.74, 6) is -0.0355. The Hall–Kier alpha value is -1.60. The molecule has 0 amide bonds. The van der Waals surface area contributed by atoms with E-state index in [1.165, 1.54) is 6.07 Å². The van der Waals surface area contributed by atoms with Gasteiger partial charge in [-0.3, -0.25) is 10.1 Å². The number of nitrogens with zero attached hydrogens (tertiary/aromatic N) is 2. The quantitative estimate of drug-likeness (QED) is 0.603. The molecule has 0 saturated heterocycles. The van der Waals surface area contributed by atoms with Gasteiger partial charge in [-0.15, -0.1) is 0 Å². The van der Waals surface area contributed by atoms with Crippen molar-refractivity contribution in [1.29, 1.82) is 5.26 Å². The Kier molecular flexibility index (Phi) is 4.31. The van der Waals surface area contributed by atoms with Crippen LogP contribution >= 0.6 is 11.6 Å². The minimum atomic E-state index is -0.511. The first kappa shape index (κ1) is 14.5. The second-order valence-corrected chi connectivity index (χ2v) is 5.17. The highest BCUT2D eigenvalue weighted by atomic mass is 35.5. The van der Waals surface area contributed by atoms with Crippen LogP contribution in [-0.2, 0) is 0 Å². The normalized spacial score (nSPS) is 10.8. The SMILES string of the molecule is CC(C)c1cc(Cl)c([N+](=O)[O-])c(C(C)C)c1C#N. The molecular formula is C13H15ClN2O2. The molecular weight excluding hydrogens is 252 g/mol. The van der Waals surface area contributed by atoms with Gasteiger partial charge in [0.05, 0.1) is 22.1 Å². The maximum Gasteiger partial charge on any atom is 0.292 e. The molecule has 0 aliphatic heterocycles. The van der Waals surface area contributed by atoms with Crippen molar-refractivity contribution in [2.75, 3.05) is 0 Å². The summed E-state index contributed by atoms with van der Waals surface area (Å²) in [7, 11) is 0. The molecule has 1 aromatic carbocycles. The predicted molar refractivity (Wildman–Crippen MR) is 71.0 cm³/mol. The van der Waals surface area contributed by atoms with Gasteiger partial charge in [-0.2, -0.15) is 5.26 Å². The van der Waals surface area contributed by atoms with Gasteiger partial charge in [-0.05, 0) is 23.5 Å². The zero-order valence-corrected chi connectivity index (χ0v) is 11.6. The highest BCUT2D eigenvalue weighted by Crippen LogP contribution is 2.39. The van der Waals surface area contributed by atoms with E-state index in [4.69, 9.17) is 11.6 Å². The molecule has 1 rings (SSSR count). The van der Waals surface area contributed by atoms with Gasteiger partial charge >= 0.3 is 0 Å². The lowest BCUT2D eigenvalue weighted by atomic mass is 9.88. The fraction of sp³-hybridized carbons (Fsp3) is 0.462. The molecule has 0 aliphatic rings. The topological polar surface area (TPSA) is 66.9 Å². The van der Waals surface area contributed by atoms with Crippen LogP contribution in [0.25, 0.3) is 0 Å². The lowest BCUT2D eigenvalue weighted by Crippen LogP contribution is -2.06. The molecule has 0 aliphatic carbocycles. The summed E-state index contributed by atoms with van der Waals surface area (Å²) >= 11 is 6.00. The van der Waals surface area contributed by atoms with Gasteiger partial charge < -0.3 is 0 Å². The summed E-state index contributed by atoms with van der Waals surface area (Å²) in [4.78, 5) is 10.6. The lowest BCUT2D eigenvalue weighted by Gasteiger charge is -2.16. The Balaban J connectivity index is 3.80. The van der Waals surface area contributed by atoms with Gasteiger partial charge in [0.15, 0.2) is 0 Å². The summed E-state index contributed by atoms with van der Waals surface area (Å²) in [5.41, 5.74) is 1.43. The molecule has 0 radical (unpaired) electrons. The monoisotopic (exact) mass is 266 g/mol. The van der Waals surface area contributed by atoms with Crippen LogP contribution in [0.2, 0.25) is 5.02 Å². The van der Waals surface area contributed by atoms with Gasteiger partial charge in [-0.1, -0.05) is 39.3 Å². The van der Waals surface area contributed by atoms with Crippen molar-refractivity contribution in [2.24, 2.45) is 0 Å². The average Bonchev–Trinajstić information content (AvgIpc) is 2.26. The Labute approximate surface area is 111 Å². The van der Waals surface area contributed by atoms with Crippen LogP contribution in [0, 0.1) is 21.4 Å². The van der Waals surface area contributed by atoms with Crippen molar-refractivity contribution in [3.8, 4) is 6.07 Å². The number of hydrogen-bond donors (Lipinski definition) is 0. The number of nitriles is 1. The third-order valence-electron chi connectivity index (χ3n) is 2.82. The van der Waals surface area contributed by atoms with E-state index in [0.717, 1.165) is 5.56 Å². The molecule has 18 heavy (non-hydrogen) atoms. The minimum absolute atomic E-state index is 0.0930. The number of rotatable bonds is 3. The average molecular weight is 267 g/mol. The van der Waals surface area contributed by atoms with Crippen molar-refractivity contribution >= 4 is 17.3 Å². The highest BCUT2D eigenvalue weighted by molar-refractivity contribution is 6.33. The molecule has 0 atom stereocenters. The predicted octanol–water partition coefficient (Wildman–Crippen LogP) is 4.37. The molecule has 0 fully saturated rings. The Bertz CT molecular complexity index is 531. The molecule has 1 aromatic rings. The second-order valence-electron chi connectivity index (χ2n) is 4.76. The van der Waals surface area contributed by atoms with Crippen LogP contribution in [0.4, 0.5) is 5.69 Å². The number of nitro groups is 1. The number of nitro benzene ring substituents is 1. The van der Waals surface area contributed by atoms with Crippen LogP contribution < -0.4 is 0 Å². The third-order valence-corrected chi connectivity index (χ3v) is 3.10. The lowest BCUT2D eigenvalue weighted by molar-refractivity contribution is -0.385. The fourth-order valence-corrected chi connectivity index (χ4v) is 2.30. The smallest absolute Gasteiger partial charge is 0.258 e. The van der Waals surface area contributed by atoms with Crippen molar-refractivity contribution in [3.63, 3.8) is 0 Å². The van der Waals surface area contributed by atoms with E-state index in [-0.39, 0.29) is 22.5 Å². The van der Waals surface area contributed by atoms with Crippen molar-refractivity contribution in [1.82, 2.24) is 0 Å². The Morgan fingerprint density at radius 2 is 1.89 bits per heavy atom. The highest BCUT2D eigenvalue weighted by Gasteiger charge is 2.28. The molecule has 0 aromatic heterocycles. The molecule has 4 nitrogen and oxygen atoms in total. The number of benzene rings is 1. The van der Waals surface area contributed by atoms with E-state index >= 15 is 0 Å². The summed E-state index contributed by atoms with van der Waals surface area (Å²) < 4.78 is 0. The van der Waals surface area contributed by atoms with E-state index in [1.54, 1.807) is 0 Å². The summed E-state index contributed by atoms with van der Waals surface area (Å²) in [6.45, 7) is 7.51. The zero-order valence-electron chi connectivity index (χ0n) is 10.8. The zero-order chi connectivity index (χ0) is 14.0. The van der Waals surface area contributed by atoms with Gasteiger partial charge in [0, 0.05) is 0 Å². The van der Waals surface area contributed by atoms with Crippen LogP contribution in [0.3, 0.4) is 0 Å². The van der Waals surface area contributed by atoms with E-state index in [2.05, 4.69) is 6.07 Å². The minimum Gasteiger partial charge on any atom is -0.258 e. The van der Waals surface area contributed by atoms with Gasteiger partial charge in [0.25, 0.3) is 5.69 Å². The fourth-order valence-electron chi connectivity index (χ4n) is 2.01. The Morgan fingerprint density at radius 3 is 2.22 bits per heavy atom. The van der Waals surface area contributed by atoms with Gasteiger partial charge in [0.1, 0.15) is 5.02 Å².